The van der Waals surface area contributed by atoms with Gasteiger partial charge in [-0.2, -0.15) is 0 Å². The van der Waals surface area contributed by atoms with E-state index >= 15 is 0 Å². The maximum Gasteiger partial charge on any atom is 0.322 e. The first-order valence-electron chi connectivity index (χ1n) is 17.1. The molecule has 3 aromatic rings. The summed E-state index contributed by atoms with van der Waals surface area (Å²) >= 11 is 0. The zero-order valence-corrected chi connectivity index (χ0v) is 29.2. The fraction of sp³-hybridized carbons (Fsp3) is 0.385. The van der Waals surface area contributed by atoms with Crippen molar-refractivity contribution < 1.29 is 24.2 Å². The summed E-state index contributed by atoms with van der Waals surface area (Å²) in [5.41, 5.74) is 15.2. The Morgan fingerprint density at radius 2 is 1.73 bits per heavy atom. The van der Waals surface area contributed by atoms with Crippen molar-refractivity contribution in [2.45, 2.75) is 66.8 Å². The lowest BCUT2D eigenvalue weighted by Gasteiger charge is -2.26. The van der Waals surface area contributed by atoms with Gasteiger partial charge < -0.3 is 34.8 Å². The fourth-order valence-corrected chi connectivity index (χ4v) is 7.92. The van der Waals surface area contributed by atoms with E-state index in [2.05, 4.69) is 72.8 Å². The van der Waals surface area contributed by atoms with E-state index in [-0.39, 0.29) is 43.3 Å². The number of aromatic amines is 3. The number of carbonyl (C=O) groups is 2. The molecule has 0 spiro atoms. The lowest BCUT2D eigenvalue weighted by molar-refractivity contribution is -0.145. The number of H-pyrrole nitrogens is 3. The summed E-state index contributed by atoms with van der Waals surface area (Å²) in [6, 6.07) is -0.423. The Labute approximate surface area is 285 Å². The summed E-state index contributed by atoms with van der Waals surface area (Å²) in [5.74, 6) is -2.21. The summed E-state index contributed by atoms with van der Waals surface area (Å²) in [7, 11) is 0. The highest BCUT2D eigenvalue weighted by Gasteiger charge is 2.47. The molecule has 1 unspecified atom stereocenters. The lowest BCUT2D eigenvalue weighted by Crippen LogP contribution is -2.38. The molecule has 5 heterocycles. The van der Waals surface area contributed by atoms with Gasteiger partial charge >= 0.3 is 11.9 Å². The third-order valence-electron chi connectivity index (χ3n) is 10.6. The normalized spacial score (nSPS) is 23.4. The molecule has 258 valence electrons. The van der Waals surface area contributed by atoms with Gasteiger partial charge in [0.2, 0.25) is 0 Å². The highest BCUT2D eigenvalue weighted by Crippen LogP contribution is 2.42. The second-order valence-electron chi connectivity index (χ2n) is 13.2. The summed E-state index contributed by atoms with van der Waals surface area (Å²) in [6.45, 7) is 16.3. The average Bonchev–Trinajstić information content (AvgIpc) is 3.81. The molecule has 2 aliphatic heterocycles. The maximum atomic E-state index is 13.6. The molecule has 6 rings (SSSR count). The molecule has 8 bridgehead atoms. The fourth-order valence-electron chi connectivity index (χ4n) is 7.92. The Morgan fingerprint density at radius 1 is 1.00 bits per heavy atom. The van der Waals surface area contributed by atoms with Gasteiger partial charge in [-0.3, -0.25) is 15.3 Å². The van der Waals surface area contributed by atoms with Crippen molar-refractivity contribution in [2.24, 2.45) is 23.5 Å². The Morgan fingerprint density at radius 3 is 2.43 bits per heavy atom. The van der Waals surface area contributed by atoms with E-state index < -0.39 is 17.9 Å². The van der Waals surface area contributed by atoms with Gasteiger partial charge in [0.25, 0.3) is 0 Å². The van der Waals surface area contributed by atoms with Crippen LogP contribution in [0.2, 0.25) is 0 Å². The van der Waals surface area contributed by atoms with Gasteiger partial charge in [-0.25, -0.2) is 0 Å². The van der Waals surface area contributed by atoms with Gasteiger partial charge in [-0.05, 0) is 92.5 Å². The molecular formula is C39H47N5O5. The number of hydrogen-bond donors (Lipinski definition) is 6. The van der Waals surface area contributed by atoms with Crippen molar-refractivity contribution in [1.82, 2.24) is 20.3 Å². The van der Waals surface area contributed by atoms with Crippen molar-refractivity contribution in [1.29, 1.82) is 0 Å². The van der Waals surface area contributed by atoms with E-state index in [0.29, 0.717) is 22.6 Å². The van der Waals surface area contributed by atoms with Gasteiger partial charge in [0.05, 0.1) is 11.4 Å². The first-order valence-corrected chi connectivity index (χ1v) is 17.1. The van der Waals surface area contributed by atoms with E-state index in [1.165, 1.54) is 5.56 Å². The van der Waals surface area contributed by atoms with E-state index in [0.717, 1.165) is 62.2 Å². The molecule has 10 nitrogen and oxygen atoms in total. The molecule has 0 aromatic carbocycles. The molecule has 1 saturated heterocycles. The first-order chi connectivity index (χ1) is 23.5. The van der Waals surface area contributed by atoms with Crippen LogP contribution in [0.5, 0.6) is 0 Å². The number of fused-ring (bicyclic) bond motifs is 8. The summed E-state index contributed by atoms with van der Waals surface area (Å²) in [4.78, 5) is 37.3. The molecule has 3 aromatic heterocycles. The van der Waals surface area contributed by atoms with Gasteiger partial charge in [-0.15, -0.1) is 0 Å². The number of nitrogens with two attached hydrogens (primary N) is 1. The molecule has 1 aliphatic carbocycles. The third-order valence-corrected chi connectivity index (χ3v) is 10.6. The Hall–Kier alpha value is -4.96. The number of hydrogen-bond acceptors (Lipinski definition) is 7. The second-order valence-corrected chi connectivity index (χ2v) is 13.2. The van der Waals surface area contributed by atoms with Crippen molar-refractivity contribution in [2.75, 3.05) is 13.3 Å². The zero-order chi connectivity index (χ0) is 35.1. The number of esters is 2. The molecule has 0 saturated carbocycles. The van der Waals surface area contributed by atoms with Crippen LogP contribution in [0.25, 0.3) is 35.6 Å². The summed E-state index contributed by atoms with van der Waals surface area (Å²) < 4.78 is 10.8. The Kier molecular flexibility index (Phi) is 9.35. The highest BCUT2D eigenvalue weighted by atomic mass is 16.5. The van der Waals surface area contributed by atoms with Crippen molar-refractivity contribution in [3.63, 3.8) is 0 Å². The second kappa shape index (κ2) is 13.5. The van der Waals surface area contributed by atoms with Crippen molar-refractivity contribution >= 4 is 47.6 Å². The predicted octanol–water partition coefficient (Wildman–Crippen LogP) is 2.84. The minimum atomic E-state index is -1.06. The van der Waals surface area contributed by atoms with Crippen LogP contribution in [-0.2, 0) is 25.5 Å². The van der Waals surface area contributed by atoms with E-state index in [9.17, 15) is 14.7 Å². The van der Waals surface area contributed by atoms with Gasteiger partial charge in [0.1, 0.15) is 25.0 Å². The monoisotopic (exact) mass is 665 g/mol. The zero-order valence-electron chi connectivity index (χ0n) is 29.2. The van der Waals surface area contributed by atoms with Gasteiger partial charge in [-0.1, -0.05) is 38.7 Å². The first kappa shape index (κ1) is 33.9. The molecule has 49 heavy (non-hydrogen) atoms. The average molecular weight is 666 g/mol. The van der Waals surface area contributed by atoms with Crippen LogP contribution in [0.1, 0.15) is 78.5 Å². The van der Waals surface area contributed by atoms with E-state index in [1.807, 2.05) is 26.0 Å². The SMILES string of the molecule is C=Cc1c2[nH]c(c1C)/C=C1\NC(C3=c4[nH]c(c(C)c4=C(O)[C@@H]3C(=O)OCN)/C=c3\[nH]/c(c(C)c3CC)=C\2)[C@@H](CCC(=O)OC/C=C\C)[C@@H]1C. The van der Waals surface area contributed by atoms with Crippen LogP contribution in [-0.4, -0.2) is 51.4 Å². The maximum absolute atomic E-state index is 13.6. The lowest BCUT2D eigenvalue weighted by atomic mass is 9.80. The third kappa shape index (κ3) is 5.77. The standard InChI is InChI=1S/C39H47N5O5/c1-8-11-14-48-32(45)13-12-25-21(6)28-15-26-19(4)23(9-2)30(41-26)16-27-20(5)24(10-3)31(42-27)17-29-22(7)33-37(44-29)34(36(25)43-28)35(38(33)46)39(47)49-18-40/h8-9,11,15-17,21,25,35-36,41-44,46H,2,10,12-14,18,40H2,1,3-7H3/b11-8-,27-16-,28-15-,31-17-/t21-,25-,35+,36?/m0/s1. The molecule has 1 fully saturated rings. The van der Waals surface area contributed by atoms with Crippen molar-refractivity contribution in [3.8, 4) is 0 Å². The van der Waals surface area contributed by atoms with Crippen LogP contribution < -0.4 is 32.3 Å². The van der Waals surface area contributed by atoms with Gasteiger partial charge in [0, 0.05) is 56.6 Å². The molecular weight excluding hydrogens is 618 g/mol. The smallest absolute Gasteiger partial charge is 0.322 e. The van der Waals surface area contributed by atoms with E-state index in [1.54, 1.807) is 6.08 Å². The molecule has 4 atom stereocenters. The molecule has 0 radical (unpaired) electrons. The predicted molar refractivity (Wildman–Crippen MR) is 192 cm³/mol. The number of aromatic nitrogens is 3. The Bertz CT molecular complexity index is 2160. The molecule has 10 heteroatoms. The number of aliphatic hydroxyl groups excluding tert-OH is 1. The molecule has 0 amide bonds. The van der Waals surface area contributed by atoms with E-state index in [4.69, 9.17) is 15.2 Å². The minimum absolute atomic E-state index is 0.0433. The quantitative estimate of drug-likeness (QED) is 0.117. The number of nitrogens with one attached hydrogen (secondary N) is 4. The van der Waals surface area contributed by atoms with Crippen LogP contribution in [0, 0.1) is 38.5 Å². The van der Waals surface area contributed by atoms with Crippen LogP contribution >= 0.6 is 0 Å². The van der Waals surface area contributed by atoms with Gasteiger partial charge in [0.15, 0.2) is 0 Å². The van der Waals surface area contributed by atoms with Crippen molar-refractivity contribution in [3.05, 3.63) is 90.6 Å². The minimum Gasteiger partial charge on any atom is -0.510 e. The summed E-state index contributed by atoms with van der Waals surface area (Å²) in [5, 5.41) is 18.8. The highest BCUT2D eigenvalue weighted by molar-refractivity contribution is 5.96. The number of rotatable bonds is 9. The van der Waals surface area contributed by atoms with Crippen LogP contribution in [0.4, 0.5) is 0 Å². The summed E-state index contributed by atoms with van der Waals surface area (Å²) in [6.07, 6.45) is 13.4. The number of carbonyl (C=O) groups excluding carboxylic acids is 2. The van der Waals surface area contributed by atoms with Crippen LogP contribution in [0.3, 0.4) is 0 Å². The number of aliphatic hydroxyl groups is 1. The Balaban J connectivity index is 1.64. The molecule has 7 N–H and O–H groups in total. The largest absolute Gasteiger partial charge is 0.510 e. The number of ether oxygens (including phenoxy) is 2. The topological polar surface area (TPSA) is 158 Å². The molecule has 3 aliphatic rings. The van der Waals surface area contributed by atoms with Crippen LogP contribution in [0.15, 0.2) is 24.4 Å². The number of allylic oxidation sites excluding steroid dienone is 2.